The molecule has 2 heterocycles. The van der Waals surface area contributed by atoms with Gasteiger partial charge in [-0.05, 0) is 29.9 Å². The van der Waals surface area contributed by atoms with E-state index >= 15 is 0 Å². The number of ether oxygens (including phenoxy) is 4. The normalized spacial score (nSPS) is 21.9. The van der Waals surface area contributed by atoms with Crippen LogP contribution in [0.15, 0.2) is 30.5 Å². The Morgan fingerprint density at radius 3 is 2.96 bits per heavy atom. The highest BCUT2D eigenvalue weighted by Gasteiger charge is 2.38. The fourth-order valence-corrected chi connectivity index (χ4v) is 2.92. The molecule has 1 fully saturated rings. The fraction of sp³-hybridized carbons (Fsp3) is 0.375. The Kier molecular flexibility index (Phi) is 4.86. The van der Waals surface area contributed by atoms with Crippen LogP contribution in [0.4, 0.5) is 0 Å². The highest BCUT2D eigenvalue weighted by atomic mass is 32.1. The second-order valence-electron chi connectivity index (χ2n) is 5.35. The first-order chi connectivity index (χ1) is 11.6. The monoisotopic (exact) mass is 350 g/mol. The van der Waals surface area contributed by atoms with E-state index in [-0.39, 0.29) is 13.4 Å². The summed E-state index contributed by atoms with van der Waals surface area (Å²) < 4.78 is 20.9. The van der Waals surface area contributed by atoms with Crippen molar-refractivity contribution in [3.05, 3.63) is 36.0 Å². The highest BCUT2D eigenvalue weighted by molar-refractivity contribution is 7.80. The minimum absolute atomic E-state index is 0.178. The molecule has 1 aromatic rings. The molecule has 0 amide bonds. The first-order valence-electron chi connectivity index (χ1n) is 7.41. The molecule has 0 unspecified atom stereocenters. The average molecular weight is 350 g/mol. The first kappa shape index (κ1) is 16.5. The van der Waals surface area contributed by atoms with Gasteiger partial charge in [-0.25, -0.2) is 0 Å². The van der Waals surface area contributed by atoms with E-state index in [1.165, 1.54) is 0 Å². The van der Waals surface area contributed by atoms with Crippen LogP contribution in [0.1, 0.15) is 11.6 Å². The maximum Gasteiger partial charge on any atom is 0.317 e. The SMILES string of the molecule is C=C1NC(=S)N[C@H](c2ccc3c(c2)OCO3)[C@H]1C(=O)OCCOC. The molecule has 128 valence electrons. The number of carbonyl (C=O) groups excluding carboxylic acids is 1. The Morgan fingerprint density at radius 2 is 2.17 bits per heavy atom. The molecule has 0 aromatic heterocycles. The molecule has 2 aliphatic heterocycles. The van der Waals surface area contributed by atoms with Crippen LogP contribution in [0.2, 0.25) is 0 Å². The summed E-state index contributed by atoms with van der Waals surface area (Å²) in [7, 11) is 1.55. The van der Waals surface area contributed by atoms with E-state index in [1.54, 1.807) is 13.2 Å². The van der Waals surface area contributed by atoms with E-state index in [1.807, 2.05) is 12.1 Å². The van der Waals surface area contributed by atoms with Crippen molar-refractivity contribution in [2.45, 2.75) is 6.04 Å². The predicted octanol–water partition coefficient (Wildman–Crippen LogP) is 1.25. The van der Waals surface area contributed by atoms with Gasteiger partial charge in [0.2, 0.25) is 6.79 Å². The zero-order chi connectivity index (χ0) is 17.1. The lowest BCUT2D eigenvalue weighted by Crippen LogP contribution is -2.51. The molecule has 7 nitrogen and oxygen atoms in total. The molecule has 2 atom stereocenters. The predicted molar refractivity (Wildman–Crippen MR) is 89.6 cm³/mol. The van der Waals surface area contributed by atoms with Gasteiger partial charge in [-0.1, -0.05) is 12.6 Å². The number of benzene rings is 1. The minimum atomic E-state index is -0.631. The number of methoxy groups -OCH3 is 1. The van der Waals surface area contributed by atoms with E-state index in [2.05, 4.69) is 17.2 Å². The van der Waals surface area contributed by atoms with Crippen LogP contribution in [0.5, 0.6) is 11.5 Å². The summed E-state index contributed by atoms with van der Waals surface area (Å²) in [5.41, 5.74) is 1.32. The van der Waals surface area contributed by atoms with Gasteiger partial charge in [0.05, 0.1) is 12.6 Å². The van der Waals surface area contributed by atoms with Crippen molar-refractivity contribution in [1.29, 1.82) is 0 Å². The van der Waals surface area contributed by atoms with Crippen molar-refractivity contribution in [2.75, 3.05) is 27.1 Å². The summed E-state index contributed by atoms with van der Waals surface area (Å²) in [6.07, 6.45) is 0. The maximum absolute atomic E-state index is 12.5. The highest BCUT2D eigenvalue weighted by Crippen LogP contribution is 2.37. The van der Waals surface area contributed by atoms with Gasteiger partial charge in [0.15, 0.2) is 16.6 Å². The number of carbonyl (C=O) groups is 1. The Balaban J connectivity index is 1.85. The second kappa shape index (κ2) is 7.06. The molecule has 2 aliphatic rings. The van der Waals surface area contributed by atoms with Crippen molar-refractivity contribution < 1.29 is 23.7 Å². The third-order valence-corrected chi connectivity index (χ3v) is 4.03. The summed E-state index contributed by atoms with van der Waals surface area (Å²) in [4.78, 5) is 12.5. The lowest BCUT2D eigenvalue weighted by atomic mass is 9.89. The molecule has 0 aliphatic carbocycles. The molecular weight excluding hydrogens is 332 g/mol. The molecule has 0 saturated carbocycles. The Hall–Kier alpha value is -2.32. The van der Waals surface area contributed by atoms with Gasteiger partial charge in [0, 0.05) is 12.8 Å². The lowest BCUT2D eigenvalue weighted by molar-refractivity contribution is -0.149. The van der Waals surface area contributed by atoms with Crippen LogP contribution in [-0.2, 0) is 14.3 Å². The molecule has 1 saturated heterocycles. The van der Waals surface area contributed by atoms with Crippen LogP contribution in [0.25, 0.3) is 0 Å². The third-order valence-electron chi connectivity index (χ3n) is 3.81. The molecule has 0 radical (unpaired) electrons. The van der Waals surface area contributed by atoms with E-state index in [0.717, 1.165) is 5.56 Å². The first-order valence-corrected chi connectivity index (χ1v) is 7.82. The quantitative estimate of drug-likeness (QED) is 0.467. The third kappa shape index (κ3) is 3.29. The van der Waals surface area contributed by atoms with Crippen molar-refractivity contribution >= 4 is 23.3 Å². The van der Waals surface area contributed by atoms with E-state index in [9.17, 15) is 4.79 Å². The standard InChI is InChI=1S/C16H18N2O5S/c1-9-13(15(19)21-6-5-20-2)14(18-16(24)17-9)10-3-4-11-12(7-10)23-8-22-11/h3-4,7,13-14H,1,5-6,8H2,2H3,(H2,17,18,24)/t13-,14+/m0/s1. The number of hydrogen-bond acceptors (Lipinski definition) is 6. The molecule has 2 N–H and O–H groups in total. The van der Waals surface area contributed by atoms with Crippen LogP contribution in [0, 0.1) is 5.92 Å². The molecule has 3 rings (SSSR count). The topological polar surface area (TPSA) is 78.0 Å². The molecule has 1 aromatic carbocycles. The number of thiocarbonyl (C=S) groups is 1. The molecular formula is C16H18N2O5S. The Labute approximate surface area is 144 Å². The van der Waals surface area contributed by atoms with E-state index < -0.39 is 17.9 Å². The molecule has 8 heteroatoms. The summed E-state index contributed by atoms with van der Waals surface area (Å²) in [6.45, 7) is 4.61. The smallest absolute Gasteiger partial charge is 0.317 e. The van der Waals surface area contributed by atoms with Crippen LogP contribution < -0.4 is 20.1 Å². The largest absolute Gasteiger partial charge is 0.463 e. The van der Waals surface area contributed by atoms with Crippen molar-refractivity contribution in [1.82, 2.24) is 10.6 Å². The van der Waals surface area contributed by atoms with Crippen LogP contribution >= 0.6 is 12.2 Å². The van der Waals surface area contributed by atoms with Gasteiger partial charge >= 0.3 is 5.97 Å². The summed E-state index contributed by atoms with van der Waals surface area (Å²) in [6, 6.07) is 5.09. The second-order valence-corrected chi connectivity index (χ2v) is 5.76. The van der Waals surface area contributed by atoms with Gasteiger partial charge in [0.25, 0.3) is 0 Å². The van der Waals surface area contributed by atoms with Gasteiger partial charge in [-0.2, -0.15) is 0 Å². The number of nitrogens with one attached hydrogen (secondary N) is 2. The average Bonchev–Trinajstić information content (AvgIpc) is 3.01. The number of hydrogen-bond donors (Lipinski definition) is 2. The van der Waals surface area contributed by atoms with Gasteiger partial charge in [0.1, 0.15) is 12.5 Å². The summed E-state index contributed by atoms with van der Waals surface area (Å²) >= 11 is 5.19. The maximum atomic E-state index is 12.5. The number of fused-ring (bicyclic) bond motifs is 1. The summed E-state index contributed by atoms with van der Waals surface area (Å²) in [5.74, 6) is 0.278. The Morgan fingerprint density at radius 1 is 1.38 bits per heavy atom. The molecule has 0 bridgehead atoms. The van der Waals surface area contributed by atoms with Gasteiger partial charge in [-0.3, -0.25) is 4.79 Å². The van der Waals surface area contributed by atoms with Gasteiger partial charge < -0.3 is 29.6 Å². The Bertz CT molecular complexity index is 678. The minimum Gasteiger partial charge on any atom is -0.463 e. The number of rotatable bonds is 5. The van der Waals surface area contributed by atoms with Crippen LogP contribution in [0.3, 0.4) is 0 Å². The lowest BCUT2D eigenvalue weighted by Gasteiger charge is -2.34. The zero-order valence-electron chi connectivity index (χ0n) is 13.2. The fourth-order valence-electron chi connectivity index (χ4n) is 2.66. The van der Waals surface area contributed by atoms with Crippen molar-refractivity contribution in [3.63, 3.8) is 0 Å². The number of esters is 1. The summed E-state index contributed by atoms with van der Waals surface area (Å²) in [5, 5.41) is 6.40. The molecule has 0 spiro atoms. The van der Waals surface area contributed by atoms with Crippen LogP contribution in [-0.4, -0.2) is 38.2 Å². The van der Waals surface area contributed by atoms with E-state index in [0.29, 0.717) is 28.9 Å². The van der Waals surface area contributed by atoms with Crippen molar-refractivity contribution in [3.8, 4) is 11.5 Å². The molecule has 24 heavy (non-hydrogen) atoms. The van der Waals surface area contributed by atoms with Crippen molar-refractivity contribution in [2.24, 2.45) is 5.92 Å². The van der Waals surface area contributed by atoms with E-state index in [4.69, 9.17) is 31.2 Å². The van der Waals surface area contributed by atoms with Gasteiger partial charge in [-0.15, -0.1) is 0 Å². The zero-order valence-corrected chi connectivity index (χ0v) is 14.0.